The van der Waals surface area contributed by atoms with Crippen molar-refractivity contribution in [2.45, 2.75) is 51.1 Å². The van der Waals surface area contributed by atoms with Crippen molar-refractivity contribution in [3.8, 4) is 0 Å². The summed E-state index contributed by atoms with van der Waals surface area (Å²) in [5, 5.41) is 3.16. The van der Waals surface area contributed by atoms with Crippen LogP contribution in [-0.4, -0.2) is 21.9 Å². The number of H-pyrrole nitrogens is 1. The average Bonchev–Trinajstić information content (AvgIpc) is 2.98. The number of para-hydroxylation sites is 2. The molecule has 2 fully saturated rings. The van der Waals surface area contributed by atoms with Crippen molar-refractivity contribution in [3.05, 3.63) is 30.1 Å². The maximum Gasteiger partial charge on any atom is 0.223 e. The number of hydrogen-bond acceptors (Lipinski definition) is 3. The highest BCUT2D eigenvalue weighted by atomic mass is 16.1. The van der Waals surface area contributed by atoms with Crippen molar-refractivity contribution in [3.63, 3.8) is 0 Å². The van der Waals surface area contributed by atoms with E-state index in [4.69, 9.17) is 5.73 Å². The first-order valence-electron chi connectivity index (χ1n) is 9.12. The minimum atomic E-state index is -0.111. The van der Waals surface area contributed by atoms with Crippen LogP contribution in [0.4, 0.5) is 0 Å². The highest BCUT2D eigenvalue weighted by Gasteiger charge is 2.40. The summed E-state index contributed by atoms with van der Waals surface area (Å²) in [6, 6.07) is 8.13. The van der Waals surface area contributed by atoms with E-state index in [1.165, 1.54) is 19.3 Å². The van der Waals surface area contributed by atoms with Crippen LogP contribution in [0.5, 0.6) is 0 Å². The summed E-state index contributed by atoms with van der Waals surface area (Å²) in [4.78, 5) is 20.6. The van der Waals surface area contributed by atoms with E-state index >= 15 is 0 Å². The van der Waals surface area contributed by atoms with Crippen molar-refractivity contribution in [2.24, 2.45) is 23.5 Å². The zero-order valence-corrected chi connectivity index (χ0v) is 14.2. The number of aromatic nitrogens is 2. The summed E-state index contributed by atoms with van der Waals surface area (Å²) in [6.07, 6.45) is 5.51. The number of amides is 1. The Morgan fingerprint density at radius 3 is 2.71 bits per heavy atom. The van der Waals surface area contributed by atoms with Gasteiger partial charge in [0.2, 0.25) is 5.91 Å². The Labute approximate surface area is 142 Å². The minimum Gasteiger partial charge on any atom is -0.346 e. The van der Waals surface area contributed by atoms with Gasteiger partial charge in [-0.1, -0.05) is 18.6 Å². The lowest BCUT2D eigenvalue weighted by Crippen LogP contribution is -2.49. The fourth-order valence-corrected chi connectivity index (χ4v) is 4.58. The molecular formula is C19H26N4O. The monoisotopic (exact) mass is 326 g/mol. The molecule has 1 heterocycles. The first-order valence-corrected chi connectivity index (χ1v) is 9.12. The van der Waals surface area contributed by atoms with Crippen molar-refractivity contribution in [1.82, 2.24) is 15.3 Å². The molecule has 2 aliphatic rings. The van der Waals surface area contributed by atoms with E-state index in [1.54, 1.807) is 0 Å². The third-order valence-corrected chi connectivity index (χ3v) is 5.96. The van der Waals surface area contributed by atoms with Crippen molar-refractivity contribution in [1.29, 1.82) is 0 Å². The molecule has 2 bridgehead atoms. The maximum atomic E-state index is 12.7. The summed E-state index contributed by atoms with van der Waals surface area (Å²) in [5.41, 5.74) is 8.28. The number of fused-ring (bicyclic) bond motifs is 3. The van der Waals surface area contributed by atoms with Gasteiger partial charge in [-0.05, 0) is 56.6 Å². The smallest absolute Gasteiger partial charge is 0.223 e. The average molecular weight is 326 g/mol. The van der Waals surface area contributed by atoms with Gasteiger partial charge >= 0.3 is 0 Å². The number of rotatable bonds is 3. The van der Waals surface area contributed by atoms with Gasteiger partial charge in [0.1, 0.15) is 5.82 Å². The van der Waals surface area contributed by atoms with E-state index in [1.807, 2.05) is 31.2 Å². The van der Waals surface area contributed by atoms with Gasteiger partial charge in [-0.2, -0.15) is 0 Å². The number of benzene rings is 1. The van der Waals surface area contributed by atoms with Crippen LogP contribution in [0.25, 0.3) is 11.0 Å². The summed E-state index contributed by atoms with van der Waals surface area (Å²) < 4.78 is 0. The normalized spacial score (nSPS) is 30.9. The van der Waals surface area contributed by atoms with E-state index in [0.717, 1.165) is 29.7 Å². The van der Waals surface area contributed by atoms with Crippen molar-refractivity contribution < 1.29 is 4.79 Å². The Morgan fingerprint density at radius 1 is 1.29 bits per heavy atom. The molecule has 2 aromatic rings. The molecule has 0 radical (unpaired) electrons. The molecule has 3 unspecified atom stereocenters. The molecule has 3 atom stereocenters. The van der Waals surface area contributed by atoms with Crippen LogP contribution >= 0.6 is 0 Å². The third kappa shape index (κ3) is 2.81. The predicted molar refractivity (Wildman–Crippen MR) is 94.2 cm³/mol. The highest BCUT2D eigenvalue weighted by molar-refractivity contribution is 5.79. The fourth-order valence-electron chi connectivity index (χ4n) is 4.58. The third-order valence-electron chi connectivity index (χ3n) is 5.96. The summed E-state index contributed by atoms with van der Waals surface area (Å²) in [7, 11) is 0. The minimum absolute atomic E-state index is 0.104. The van der Waals surface area contributed by atoms with Gasteiger partial charge in [-0.25, -0.2) is 4.98 Å². The second-order valence-electron chi connectivity index (χ2n) is 7.57. The molecule has 2 aliphatic carbocycles. The van der Waals surface area contributed by atoms with Crippen LogP contribution in [0, 0.1) is 17.8 Å². The number of nitrogens with zero attached hydrogens (tertiary/aromatic N) is 1. The van der Waals surface area contributed by atoms with Gasteiger partial charge in [0.05, 0.1) is 17.1 Å². The second-order valence-corrected chi connectivity index (χ2v) is 7.57. The molecule has 4 N–H and O–H groups in total. The molecule has 1 aromatic heterocycles. The van der Waals surface area contributed by atoms with E-state index in [2.05, 4.69) is 15.3 Å². The quantitative estimate of drug-likeness (QED) is 0.811. The molecular weight excluding hydrogens is 300 g/mol. The molecule has 1 aromatic carbocycles. The first-order chi connectivity index (χ1) is 11.6. The zero-order chi connectivity index (χ0) is 16.7. The number of carbonyl (C=O) groups is 1. The van der Waals surface area contributed by atoms with E-state index in [0.29, 0.717) is 17.9 Å². The van der Waals surface area contributed by atoms with Crippen LogP contribution in [0.3, 0.4) is 0 Å². The van der Waals surface area contributed by atoms with Gasteiger partial charge in [0.25, 0.3) is 0 Å². The number of nitrogens with two attached hydrogens (primary N) is 1. The Kier molecular flexibility index (Phi) is 4.04. The number of carbonyl (C=O) groups excluding carboxylic acids is 1. The molecule has 5 heteroatoms. The lowest BCUT2D eigenvalue weighted by atomic mass is 9.65. The summed E-state index contributed by atoms with van der Waals surface area (Å²) >= 11 is 0. The van der Waals surface area contributed by atoms with E-state index in [-0.39, 0.29) is 17.9 Å². The predicted octanol–water partition coefficient (Wildman–Crippen LogP) is 2.89. The summed E-state index contributed by atoms with van der Waals surface area (Å²) in [6.45, 7) is 1.99. The van der Waals surface area contributed by atoms with Gasteiger partial charge < -0.3 is 16.0 Å². The van der Waals surface area contributed by atoms with Crippen molar-refractivity contribution >= 4 is 16.9 Å². The maximum absolute atomic E-state index is 12.7. The molecule has 2 saturated carbocycles. The molecule has 0 spiro atoms. The first kappa shape index (κ1) is 15.6. The molecule has 5 nitrogen and oxygen atoms in total. The molecule has 24 heavy (non-hydrogen) atoms. The van der Waals surface area contributed by atoms with Crippen LogP contribution in [0.15, 0.2) is 24.3 Å². The van der Waals surface area contributed by atoms with Crippen LogP contribution in [0.1, 0.15) is 50.9 Å². The lowest BCUT2D eigenvalue weighted by molar-refractivity contribution is -0.128. The van der Waals surface area contributed by atoms with Gasteiger partial charge in [-0.3, -0.25) is 4.79 Å². The lowest BCUT2D eigenvalue weighted by Gasteiger charge is -2.43. The highest BCUT2D eigenvalue weighted by Crippen LogP contribution is 2.42. The molecule has 0 aliphatic heterocycles. The molecule has 1 amide bonds. The Morgan fingerprint density at radius 2 is 2.00 bits per heavy atom. The van der Waals surface area contributed by atoms with E-state index < -0.39 is 0 Å². The van der Waals surface area contributed by atoms with Crippen LogP contribution < -0.4 is 11.1 Å². The number of imidazole rings is 1. The standard InChI is InChI=1S/C19H26N4O/c1-11(18-22-15-7-2-3-8-16(15)23-18)21-19(24)14-9-12-5-4-6-13(10-14)17(12)20/h2-3,7-8,11-14,17H,4-6,9-10,20H2,1H3,(H,21,24)(H,22,23). The largest absolute Gasteiger partial charge is 0.346 e. The Bertz CT molecular complexity index is 693. The second kappa shape index (κ2) is 6.20. The number of aromatic amines is 1. The van der Waals surface area contributed by atoms with Gasteiger partial charge in [-0.15, -0.1) is 0 Å². The molecule has 0 saturated heterocycles. The topological polar surface area (TPSA) is 83.8 Å². The SMILES string of the molecule is CC(NC(=O)C1CC2CCCC(C1)C2N)c1nc2ccccc2[nH]1. The molecule has 4 rings (SSSR count). The Hall–Kier alpha value is -1.88. The van der Waals surface area contributed by atoms with Crippen LogP contribution in [0.2, 0.25) is 0 Å². The summed E-state index contributed by atoms with van der Waals surface area (Å²) in [5.74, 6) is 2.13. The zero-order valence-electron chi connectivity index (χ0n) is 14.2. The number of nitrogens with one attached hydrogen (secondary N) is 2. The van der Waals surface area contributed by atoms with Gasteiger partial charge in [0.15, 0.2) is 0 Å². The number of hydrogen-bond donors (Lipinski definition) is 3. The van der Waals surface area contributed by atoms with Crippen LogP contribution in [-0.2, 0) is 4.79 Å². The van der Waals surface area contributed by atoms with Crippen molar-refractivity contribution in [2.75, 3.05) is 0 Å². The van der Waals surface area contributed by atoms with Gasteiger partial charge in [0, 0.05) is 12.0 Å². The van der Waals surface area contributed by atoms with E-state index in [9.17, 15) is 4.79 Å². The Balaban J connectivity index is 1.43. The molecule has 128 valence electrons. The fraction of sp³-hybridized carbons (Fsp3) is 0.579.